The van der Waals surface area contributed by atoms with Crippen LogP contribution in [0.2, 0.25) is 0 Å². The summed E-state index contributed by atoms with van der Waals surface area (Å²) in [5, 5.41) is 0. The molecule has 1 heterocycles. The van der Waals surface area contributed by atoms with E-state index in [0.717, 1.165) is 0 Å². The second kappa shape index (κ2) is 6.13. The first kappa shape index (κ1) is 14.9. The van der Waals surface area contributed by atoms with Crippen LogP contribution in [0.15, 0.2) is 0 Å². The molecule has 104 valence electrons. The summed E-state index contributed by atoms with van der Waals surface area (Å²) in [6, 6.07) is 0. The second-order valence-electron chi connectivity index (χ2n) is 4.44. The first-order valence-corrected chi connectivity index (χ1v) is 6.00. The highest BCUT2D eigenvalue weighted by Crippen LogP contribution is 2.32. The van der Waals surface area contributed by atoms with Gasteiger partial charge in [0.25, 0.3) is 0 Å². The molecule has 1 rings (SSSR count). The Morgan fingerprint density at radius 3 is 2.11 bits per heavy atom. The van der Waals surface area contributed by atoms with Crippen molar-refractivity contribution < 1.29 is 28.2 Å². The minimum absolute atomic E-state index is 0.461. The van der Waals surface area contributed by atoms with Crippen molar-refractivity contribution in [2.45, 2.75) is 58.8 Å². The van der Waals surface area contributed by atoms with Crippen LogP contribution in [0.25, 0.3) is 0 Å². The zero-order valence-electron chi connectivity index (χ0n) is 11.0. The number of hydrogen-bond donors (Lipinski definition) is 0. The SMILES string of the molecule is CCC1O[C@H](F)C(C)C(OC(C)=O)[C@@H]1OC(C)=O. The highest BCUT2D eigenvalue weighted by molar-refractivity contribution is 5.67. The van der Waals surface area contributed by atoms with E-state index in [1.807, 2.05) is 0 Å². The molecule has 0 spiro atoms. The molecule has 0 N–H and O–H groups in total. The van der Waals surface area contributed by atoms with Gasteiger partial charge in [0.2, 0.25) is 6.36 Å². The van der Waals surface area contributed by atoms with Gasteiger partial charge in [-0.15, -0.1) is 0 Å². The third-order valence-electron chi connectivity index (χ3n) is 2.93. The molecule has 0 aromatic heterocycles. The number of ether oxygens (including phenoxy) is 3. The van der Waals surface area contributed by atoms with E-state index < -0.39 is 42.5 Å². The fourth-order valence-corrected chi connectivity index (χ4v) is 2.06. The van der Waals surface area contributed by atoms with Crippen molar-refractivity contribution in [3.63, 3.8) is 0 Å². The molecule has 0 saturated carbocycles. The third-order valence-corrected chi connectivity index (χ3v) is 2.93. The van der Waals surface area contributed by atoms with Crippen molar-refractivity contribution in [1.29, 1.82) is 0 Å². The maximum Gasteiger partial charge on any atom is 0.303 e. The standard InChI is InChI=1S/C12H19FO5/c1-5-9-11(17-8(4)15)10(16-7(3)14)6(2)12(13)18-9/h6,9-12H,5H2,1-4H3/t6?,9?,10?,11-,12+/m1/s1. The molecule has 1 aliphatic rings. The summed E-state index contributed by atoms with van der Waals surface area (Å²) in [4.78, 5) is 22.1. The summed E-state index contributed by atoms with van der Waals surface area (Å²) in [7, 11) is 0. The first-order chi connectivity index (χ1) is 8.36. The van der Waals surface area contributed by atoms with Crippen LogP contribution in [-0.2, 0) is 23.8 Å². The fraction of sp³-hybridized carbons (Fsp3) is 0.833. The van der Waals surface area contributed by atoms with Gasteiger partial charge < -0.3 is 14.2 Å². The van der Waals surface area contributed by atoms with E-state index in [2.05, 4.69) is 0 Å². The lowest BCUT2D eigenvalue weighted by Crippen LogP contribution is -2.55. The molecule has 0 bridgehead atoms. The average molecular weight is 262 g/mol. The molecule has 3 unspecified atom stereocenters. The first-order valence-electron chi connectivity index (χ1n) is 6.00. The molecule has 6 heteroatoms. The van der Waals surface area contributed by atoms with Crippen molar-refractivity contribution in [3.8, 4) is 0 Å². The van der Waals surface area contributed by atoms with Gasteiger partial charge in [0.15, 0.2) is 6.10 Å². The Morgan fingerprint density at radius 1 is 1.17 bits per heavy atom. The zero-order valence-corrected chi connectivity index (χ0v) is 11.0. The maximum atomic E-state index is 13.7. The van der Waals surface area contributed by atoms with Crippen molar-refractivity contribution in [3.05, 3.63) is 0 Å². The van der Waals surface area contributed by atoms with Crippen LogP contribution in [0.3, 0.4) is 0 Å². The minimum atomic E-state index is -1.54. The summed E-state index contributed by atoms with van der Waals surface area (Å²) in [5.41, 5.74) is 0. The molecule has 0 radical (unpaired) electrons. The van der Waals surface area contributed by atoms with Gasteiger partial charge in [-0.1, -0.05) is 13.8 Å². The van der Waals surface area contributed by atoms with E-state index in [4.69, 9.17) is 14.2 Å². The molecular weight excluding hydrogens is 243 g/mol. The van der Waals surface area contributed by atoms with Gasteiger partial charge in [-0.3, -0.25) is 9.59 Å². The largest absolute Gasteiger partial charge is 0.458 e. The lowest BCUT2D eigenvalue weighted by Gasteiger charge is -2.41. The molecule has 18 heavy (non-hydrogen) atoms. The summed E-state index contributed by atoms with van der Waals surface area (Å²) in [6.45, 7) is 5.83. The topological polar surface area (TPSA) is 61.8 Å². The number of carbonyl (C=O) groups is 2. The van der Waals surface area contributed by atoms with Gasteiger partial charge in [0.1, 0.15) is 12.2 Å². The highest BCUT2D eigenvalue weighted by Gasteiger charge is 2.47. The summed E-state index contributed by atoms with van der Waals surface area (Å²) < 4.78 is 29.0. The van der Waals surface area contributed by atoms with Crippen LogP contribution in [0, 0.1) is 5.92 Å². The molecule has 0 aromatic rings. The van der Waals surface area contributed by atoms with Crippen molar-refractivity contribution in [2.24, 2.45) is 5.92 Å². The Kier molecular flexibility index (Phi) is 5.07. The van der Waals surface area contributed by atoms with Crippen molar-refractivity contribution in [1.82, 2.24) is 0 Å². The number of esters is 2. The molecule has 1 saturated heterocycles. The van der Waals surface area contributed by atoms with Crippen LogP contribution < -0.4 is 0 Å². The Hall–Kier alpha value is -1.17. The van der Waals surface area contributed by atoms with E-state index in [0.29, 0.717) is 6.42 Å². The summed E-state index contributed by atoms with van der Waals surface area (Å²) in [6.07, 6.45) is -3.27. The third kappa shape index (κ3) is 3.41. The van der Waals surface area contributed by atoms with E-state index in [-0.39, 0.29) is 0 Å². The van der Waals surface area contributed by atoms with Crippen molar-refractivity contribution in [2.75, 3.05) is 0 Å². The number of alkyl halides is 1. The Labute approximate surface area is 106 Å². The lowest BCUT2D eigenvalue weighted by atomic mass is 9.91. The normalized spacial score (nSPS) is 35.9. The van der Waals surface area contributed by atoms with Gasteiger partial charge in [0, 0.05) is 13.8 Å². The highest BCUT2D eigenvalue weighted by atomic mass is 19.1. The van der Waals surface area contributed by atoms with E-state index in [1.54, 1.807) is 13.8 Å². The van der Waals surface area contributed by atoms with Crippen LogP contribution in [0.4, 0.5) is 4.39 Å². The predicted molar refractivity (Wildman–Crippen MR) is 60.3 cm³/mol. The van der Waals surface area contributed by atoms with E-state index >= 15 is 0 Å². The monoisotopic (exact) mass is 262 g/mol. The number of rotatable bonds is 3. The predicted octanol–water partition coefficient (Wildman–Crippen LogP) is 1.59. The Bertz CT molecular complexity index is 304. The number of halogens is 1. The molecule has 0 aliphatic carbocycles. The Balaban J connectivity index is 2.92. The van der Waals surface area contributed by atoms with E-state index in [1.165, 1.54) is 13.8 Å². The van der Waals surface area contributed by atoms with Crippen LogP contribution >= 0.6 is 0 Å². The molecular formula is C12H19FO5. The summed E-state index contributed by atoms with van der Waals surface area (Å²) >= 11 is 0. The fourth-order valence-electron chi connectivity index (χ4n) is 2.06. The lowest BCUT2D eigenvalue weighted by molar-refractivity contribution is -0.248. The van der Waals surface area contributed by atoms with Gasteiger partial charge in [-0.25, -0.2) is 4.39 Å². The molecule has 0 aromatic carbocycles. The minimum Gasteiger partial charge on any atom is -0.458 e. The van der Waals surface area contributed by atoms with Crippen LogP contribution in [-0.4, -0.2) is 36.6 Å². The Morgan fingerprint density at radius 2 is 1.67 bits per heavy atom. The van der Waals surface area contributed by atoms with Gasteiger partial charge >= 0.3 is 11.9 Å². The van der Waals surface area contributed by atoms with Crippen LogP contribution in [0.1, 0.15) is 34.1 Å². The van der Waals surface area contributed by atoms with Crippen molar-refractivity contribution >= 4 is 11.9 Å². The number of hydrogen-bond acceptors (Lipinski definition) is 5. The molecule has 0 amide bonds. The summed E-state index contributed by atoms with van der Waals surface area (Å²) in [5.74, 6) is -1.72. The molecule has 1 fully saturated rings. The quantitative estimate of drug-likeness (QED) is 0.723. The van der Waals surface area contributed by atoms with Gasteiger partial charge in [0.05, 0.1) is 5.92 Å². The maximum absolute atomic E-state index is 13.7. The smallest absolute Gasteiger partial charge is 0.303 e. The zero-order chi connectivity index (χ0) is 13.9. The average Bonchev–Trinajstić information content (AvgIpc) is 2.27. The molecule has 1 aliphatic heterocycles. The molecule has 5 nitrogen and oxygen atoms in total. The van der Waals surface area contributed by atoms with E-state index in [9.17, 15) is 14.0 Å². The van der Waals surface area contributed by atoms with Gasteiger partial charge in [-0.2, -0.15) is 0 Å². The van der Waals surface area contributed by atoms with Gasteiger partial charge in [-0.05, 0) is 6.42 Å². The number of carbonyl (C=O) groups excluding carboxylic acids is 2. The molecule has 5 atom stereocenters. The second-order valence-corrected chi connectivity index (χ2v) is 4.44. The van der Waals surface area contributed by atoms with Crippen LogP contribution in [0.5, 0.6) is 0 Å².